The van der Waals surface area contributed by atoms with E-state index in [0.717, 1.165) is 11.3 Å². The van der Waals surface area contributed by atoms with E-state index in [2.05, 4.69) is 5.10 Å². The molecule has 21 heavy (non-hydrogen) atoms. The Morgan fingerprint density at radius 2 is 2.05 bits per heavy atom. The van der Waals surface area contributed by atoms with Crippen LogP contribution in [0.4, 0.5) is 0 Å². The largest absolute Gasteiger partial charge is 0.497 e. The molecule has 0 aliphatic heterocycles. The molecule has 110 valence electrons. The highest BCUT2D eigenvalue weighted by Crippen LogP contribution is 2.14. The summed E-state index contributed by atoms with van der Waals surface area (Å²) in [4.78, 5) is 22.9. The molecule has 1 heterocycles. The van der Waals surface area contributed by atoms with Crippen LogP contribution in [0.1, 0.15) is 33.3 Å². The Kier molecular flexibility index (Phi) is 4.71. The van der Waals surface area contributed by atoms with Gasteiger partial charge in [-0.25, -0.2) is 4.79 Å². The van der Waals surface area contributed by atoms with Gasteiger partial charge in [-0.1, -0.05) is 12.1 Å². The molecule has 0 amide bonds. The number of rotatable bonds is 6. The number of carbonyl (C=O) groups is 2. The van der Waals surface area contributed by atoms with E-state index in [1.165, 1.54) is 10.9 Å². The number of esters is 1. The van der Waals surface area contributed by atoms with Crippen molar-refractivity contribution in [1.82, 2.24) is 9.78 Å². The van der Waals surface area contributed by atoms with E-state index in [1.807, 2.05) is 24.3 Å². The number of ether oxygens (including phenoxy) is 2. The summed E-state index contributed by atoms with van der Waals surface area (Å²) < 4.78 is 11.5. The summed E-state index contributed by atoms with van der Waals surface area (Å²) in [7, 11) is 1.60. The van der Waals surface area contributed by atoms with Crippen LogP contribution in [0.15, 0.2) is 30.5 Å². The van der Waals surface area contributed by atoms with Gasteiger partial charge in [0.25, 0.3) is 0 Å². The van der Waals surface area contributed by atoms with Gasteiger partial charge in [0, 0.05) is 0 Å². The van der Waals surface area contributed by atoms with Gasteiger partial charge in [0.15, 0.2) is 6.29 Å². The molecule has 0 fully saturated rings. The molecule has 0 unspecified atom stereocenters. The first-order valence-corrected chi connectivity index (χ1v) is 6.50. The van der Waals surface area contributed by atoms with E-state index >= 15 is 0 Å². The topological polar surface area (TPSA) is 70.4 Å². The normalized spacial score (nSPS) is 10.2. The first-order valence-electron chi connectivity index (χ1n) is 6.50. The first kappa shape index (κ1) is 14.8. The average Bonchev–Trinajstić information content (AvgIpc) is 2.91. The summed E-state index contributed by atoms with van der Waals surface area (Å²) in [5.74, 6) is 0.211. The highest BCUT2D eigenvalue weighted by molar-refractivity contribution is 5.97. The number of hydrogen-bond acceptors (Lipinski definition) is 5. The summed E-state index contributed by atoms with van der Waals surface area (Å²) >= 11 is 0. The van der Waals surface area contributed by atoms with Crippen LogP contribution >= 0.6 is 0 Å². The lowest BCUT2D eigenvalue weighted by atomic mass is 10.2. The van der Waals surface area contributed by atoms with Crippen LogP contribution in [0.2, 0.25) is 0 Å². The minimum atomic E-state index is -0.541. The van der Waals surface area contributed by atoms with Crippen molar-refractivity contribution in [3.8, 4) is 5.75 Å². The molecule has 2 aromatic rings. The Morgan fingerprint density at radius 1 is 1.33 bits per heavy atom. The predicted molar refractivity (Wildman–Crippen MR) is 75.7 cm³/mol. The van der Waals surface area contributed by atoms with Gasteiger partial charge in [-0.05, 0) is 24.6 Å². The standard InChI is InChI=1S/C15H16N2O4/c1-3-21-15(19)13-8-16-17(14(13)10-18)9-11-4-6-12(20-2)7-5-11/h4-8,10H,3,9H2,1-2H3. The molecule has 0 N–H and O–H groups in total. The molecule has 1 aromatic carbocycles. The highest BCUT2D eigenvalue weighted by Gasteiger charge is 2.18. The number of aldehydes is 1. The van der Waals surface area contributed by atoms with E-state index in [0.29, 0.717) is 12.8 Å². The summed E-state index contributed by atoms with van der Waals surface area (Å²) in [6.07, 6.45) is 1.97. The van der Waals surface area contributed by atoms with E-state index in [1.54, 1.807) is 14.0 Å². The molecule has 1 aromatic heterocycles. The van der Waals surface area contributed by atoms with Gasteiger partial charge >= 0.3 is 5.97 Å². The third-order valence-electron chi connectivity index (χ3n) is 2.98. The van der Waals surface area contributed by atoms with Crippen molar-refractivity contribution >= 4 is 12.3 Å². The molecule has 2 rings (SSSR count). The Balaban J connectivity index is 2.23. The maximum absolute atomic E-state index is 11.7. The van der Waals surface area contributed by atoms with Crippen LogP contribution < -0.4 is 4.74 Å². The van der Waals surface area contributed by atoms with Gasteiger partial charge in [0.2, 0.25) is 0 Å². The number of methoxy groups -OCH3 is 1. The Hall–Kier alpha value is -2.63. The van der Waals surface area contributed by atoms with Crippen LogP contribution in [-0.2, 0) is 11.3 Å². The number of nitrogens with zero attached hydrogens (tertiary/aromatic N) is 2. The van der Waals surface area contributed by atoms with Gasteiger partial charge in [0.1, 0.15) is 17.0 Å². The van der Waals surface area contributed by atoms with Gasteiger partial charge < -0.3 is 9.47 Å². The number of aromatic nitrogens is 2. The molecule has 0 aliphatic rings. The smallest absolute Gasteiger partial charge is 0.342 e. The molecular formula is C15H16N2O4. The van der Waals surface area contributed by atoms with Gasteiger partial charge in [-0.3, -0.25) is 9.48 Å². The highest BCUT2D eigenvalue weighted by atomic mass is 16.5. The Morgan fingerprint density at radius 3 is 2.62 bits per heavy atom. The molecule has 6 heteroatoms. The van der Waals surface area contributed by atoms with Crippen LogP contribution in [-0.4, -0.2) is 35.8 Å². The fraction of sp³-hybridized carbons (Fsp3) is 0.267. The minimum absolute atomic E-state index is 0.181. The van der Waals surface area contributed by atoms with E-state index in [-0.39, 0.29) is 17.9 Å². The van der Waals surface area contributed by atoms with Crippen molar-refractivity contribution in [2.45, 2.75) is 13.5 Å². The average molecular weight is 288 g/mol. The lowest BCUT2D eigenvalue weighted by Gasteiger charge is -2.06. The van der Waals surface area contributed by atoms with Gasteiger partial charge in [-0.2, -0.15) is 5.10 Å². The molecule has 0 saturated carbocycles. The summed E-state index contributed by atoms with van der Waals surface area (Å²) in [6.45, 7) is 2.35. The monoisotopic (exact) mass is 288 g/mol. The first-order chi connectivity index (χ1) is 10.2. The minimum Gasteiger partial charge on any atom is -0.497 e. The van der Waals surface area contributed by atoms with Crippen molar-refractivity contribution in [1.29, 1.82) is 0 Å². The van der Waals surface area contributed by atoms with E-state index in [4.69, 9.17) is 9.47 Å². The third-order valence-corrected chi connectivity index (χ3v) is 2.98. The van der Waals surface area contributed by atoms with E-state index in [9.17, 15) is 9.59 Å². The van der Waals surface area contributed by atoms with Crippen molar-refractivity contribution in [3.05, 3.63) is 47.3 Å². The second kappa shape index (κ2) is 6.69. The SMILES string of the molecule is CCOC(=O)c1cnn(Cc2ccc(OC)cc2)c1C=O. The zero-order valence-electron chi connectivity index (χ0n) is 11.9. The maximum Gasteiger partial charge on any atom is 0.342 e. The fourth-order valence-electron chi connectivity index (χ4n) is 1.92. The summed E-state index contributed by atoms with van der Waals surface area (Å²) in [6, 6.07) is 7.40. The van der Waals surface area contributed by atoms with Crippen LogP contribution in [0.25, 0.3) is 0 Å². The molecule has 0 bridgehead atoms. The quantitative estimate of drug-likeness (QED) is 0.600. The molecule has 6 nitrogen and oxygen atoms in total. The van der Waals surface area contributed by atoms with Crippen LogP contribution in [0.3, 0.4) is 0 Å². The molecule has 0 spiro atoms. The molecule has 0 radical (unpaired) electrons. The van der Waals surface area contributed by atoms with Gasteiger partial charge in [-0.15, -0.1) is 0 Å². The number of carbonyl (C=O) groups excluding carboxylic acids is 2. The maximum atomic E-state index is 11.7. The predicted octanol–water partition coefficient (Wildman–Crippen LogP) is 1.93. The zero-order chi connectivity index (χ0) is 15.2. The molecular weight excluding hydrogens is 272 g/mol. The zero-order valence-corrected chi connectivity index (χ0v) is 11.9. The second-order valence-corrected chi connectivity index (χ2v) is 4.29. The molecule has 0 atom stereocenters. The lowest BCUT2D eigenvalue weighted by molar-refractivity contribution is 0.0524. The van der Waals surface area contributed by atoms with Crippen molar-refractivity contribution < 1.29 is 19.1 Å². The third kappa shape index (κ3) is 3.28. The van der Waals surface area contributed by atoms with Crippen LogP contribution in [0.5, 0.6) is 5.75 Å². The van der Waals surface area contributed by atoms with Crippen molar-refractivity contribution in [3.63, 3.8) is 0 Å². The Labute approximate surface area is 122 Å². The number of benzene rings is 1. The van der Waals surface area contributed by atoms with Crippen molar-refractivity contribution in [2.24, 2.45) is 0 Å². The summed E-state index contributed by atoms with van der Waals surface area (Å²) in [5, 5.41) is 4.08. The lowest BCUT2D eigenvalue weighted by Crippen LogP contribution is -2.10. The second-order valence-electron chi connectivity index (χ2n) is 4.29. The Bertz CT molecular complexity index is 632. The summed E-state index contributed by atoms with van der Waals surface area (Å²) in [5.41, 5.74) is 1.34. The van der Waals surface area contributed by atoms with Gasteiger partial charge in [0.05, 0.1) is 26.5 Å². The molecule has 0 saturated heterocycles. The number of hydrogen-bond donors (Lipinski definition) is 0. The van der Waals surface area contributed by atoms with E-state index < -0.39 is 5.97 Å². The van der Waals surface area contributed by atoms with Crippen LogP contribution in [0, 0.1) is 0 Å². The van der Waals surface area contributed by atoms with Crippen molar-refractivity contribution in [2.75, 3.05) is 13.7 Å². The molecule has 0 aliphatic carbocycles. The fourth-order valence-corrected chi connectivity index (χ4v) is 1.92.